The van der Waals surface area contributed by atoms with Gasteiger partial charge < -0.3 is 25.2 Å². The van der Waals surface area contributed by atoms with Gasteiger partial charge in [0, 0.05) is 38.3 Å². The fourth-order valence-electron chi connectivity index (χ4n) is 2.68. The van der Waals surface area contributed by atoms with Gasteiger partial charge in [0.1, 0.15) is 17.6 Å². The maximum Gasteiger partial charge on any atom is 0.475 e. The van der Waals surface area contributed by atoms with Gasteiger partial charge in [-0.15, -0.1) is 0 Å². The summed E-state index contributed by atoms with van der Waals surface area (Å²) < 4.78 is 1.74. The highest BCUT2D eigenvalue weighted by Gasteiger charge is 2.31. The number of aromatic nitrogens is 4. The van der Waals surface area contributed by atoms with Gasteiger partial charge in [-0.1, -0.05) is 13.8 Å². The average Bonchev–Trinajstić information content (AvgIpc) is 3.05. The third-order valence-electron chi connectivity index (χ3n) is 4.14. The van der Waals surface area contributed by atoms with Crippen LogP contribution in [0.25, 0.3) is 0 Å². The van der Waals surface area contributed by atoms with E-state index in [4.69, 9.17) is 0 Å². The van der Waals surface area contributed by atoms with Crippen molar-refractivity contribution in [3.8, 4) is 0 Å². The summed E-state index contributed by atoms with van der Waals surface area (Å²) in [6.07, 6.45) is 7.93. The minimum atomic E-state index is -1.71. The van der Waals surface area contributed by atoms with E-state index in [9.17, 15) is 19.6 Å². The number of aryl methyl sites for hydroxylation is 1. The van der Waals surface area contributed by atoms with Crippen LogP contribution in [0.15, 0.2) is 31.0 Å². The first-order valence-electron chi connectivity index (χ1n) is 8.97. The molecule has 150 valence electrons. The zero-order valence-corrected chi connectivity index (χ0v) is 16.1. The second kappa shape index (κ2) is 9.95. The van der Waals surface area contributed by atoms with Crippen LogP contribution < -0.4 is 10.6 Å². The number of imidazole rings is 1. The van der Waals surface area contributed by atoms with Crippen molar-refractivity contribution in [3.63, 3.8) is 0 Å². The van der Waals surface area contributed by atoms with E-state index in [-0.39, 0.29) is 18.0 Å². The summed E-state index contributed by atoms with van der Waals surface area (Å²) in [4.78, 5) is 37.2. The number of carbonyl (C=O) groups excluding carboxylic acids is 2. The number of nitrogens with zero attached hydrogens (tertiary/aromatic N) is 4. The van der Waals surface area contributed by atoms with Crippen molar-refractivity contribution in [2.75, 3.05) is 0 Å². The number of hydrogen-bond acceptors (Lipinski definition) is 7. The number of hydrogen-bond donors (Lipinski definition) is 4. The van der Waals surface area contributed by atoms with Crippen molar-refractivity contribution in [1.29, 1.82) is 0 Å². The van der Waals surface area contributed by atoms with Gasteiger partial charge in [-0.3, -0.25) is 14.6 Å². The summed E-state index contributed by atoms with van der Waals surface area (Å²) in [6, 6.07) is -0.982. The standard InChI is InChI=1S/C17H25BN6O4/c1-11(2)8-14(18(27)28)23-16(25)12(9-15-21-6-7-24(15)3)22-17(26)13-10-19-4-5-20-13/h4-7,10-12,14,27-28H,8-9H2,1-3H3,(H,22,26)(H,23,25). The predicted octanol–water partition coefficient (Wildman–Crippen LogP) is -0.906. The number of carbonyl (C=O) groups is 2. The maximum absolute atomic E-state index is 12.8. The summed E-state index contributed by atoms with van der Waals surface area (Å²) in [5, 5.41) is 24.4. The molecule has 2 amide bonds. The van der Waals surface area contributed by atoms with Crippen molar-refractivity contribution < 1.29 is 19.6 Å². The fourth-order valence-corrected chi connectivity index (χ4v) is 2.68. The van der Waals surface area contributed by atoms with Gasteiger partial charge in [-0.2, -0.15) is 0 Å². The fraction of sp³-hybridized carbons (Fsp3) is 0.471. The van der Waals surface area contributed by atoms with E-state index in [2.05, 4.69) is 25.6 Å². The van der Waals surface area contributed by atoms with Crippen LogP contribution in [0.5, 0.6) is 0 Å². The van der Waals surface area contributed by atoms with E-state index in [0.717, 1.165) is 0 Å². The molecule has 2 heterocycles. The van der Waals surface area contributed by atoms with Crippen LogP contribution in [0.3, 0.4) is 0 Å². The summed E-state index contributed by atoms with van der Waals surface area (Å²) in [5.41, 5.74) is 0.0704. The second-order valence-electron chi connectivity index (χ2n) is 6.93. The predicted molar refractivity (Wildman–Crippen MR) is 102 cm³/mol. The molecule has 0 bridgehead atoms. The van der Waals surface area contributed by atoms with Crippen molar-refractivity contribution in [2.45, 2.75) is 38.7 Å². The Morgan fingerprint density at radius 1 is 1.18 bits per heavy atom. The van der Waals surface area contributed by atoms with Gasteiger partial charge in [0.15, 0.2) is 0 Å². The Balaban J connectivity index is 2.17. The van der Waals surface area contributed by atoms with Crippen LogP contribution in [0.1, 0.15) is 36.6 Å². The molecule has 2 aromatic rings. The van der Waals surface area contributed by atoms with Gasteiger partial charge in [-0.05, 0) is 12.3 Å². The zero-order valence-electron chi connectivity index (χ0n) is 16.1. The van der Waals surface area contributed by atoms with Gasteiger partial charge in [0.2, 0.25) is 5.91 Å². The second-order valence-corrected chi connectivity index (χ2v) is 6.93. The Morgan fingerprint density at radius 2 is 1.93 bits per heavy atom. The van der Waals surface area contributed by atoms with E-state index < -0.39 is 30.9 Å². The van der Waals surface area contributed by atoms with Crippen molar-refractivity contribution in [2.24, 2.45) is 13.0 Å². The Bertz CT molecular complexity index is 783. The molecule has 2 aromatic heterocycles. The van der Waals surface area contributed by atoms with Crippen molar-refractivity contribution >= 4 is 18.9 Å². The number of nitrogens with one attached hydrogen (secondary N) is 2. The maximum atomic E-state index is 12.8. The lowest BCUT2D eigenvalue weighted by molar-refractivity contribution is -0.123. The molecule has 0 saturated carbocycles. The quantitative estimate of drug-likeness (QED) is 0.408. The topological polar surface area (TPSA) is 142 Å². The average molecular weight is 388 g/mol. The molecule has 11 heteroatoms. The lowest BCUT2D eigenvalue weighted by atomic mass is 9.75. The monoisotopic (exact) mass is 388 g/mol. The Kier molecular flexibility index (Phi) is 7.65. The molecular formula is C17H25BN6O4. The third kappa shape index (κ3) is 6.13. The number of amides is 2. The molecule has 0 fully saturated rings. The molecule has 0 saturated heterocycles. The minimum absolute atomic E-state index is 0.0704. The smallest absolute Gasteiger partial charge is 0.426 e. The van der Waals surface area contributed by atoms with Gasteiger partial charge in [0.05, 0.1) is 12.1 Å². The van der Waals surface area contributed by atoms with Crippen LogP contribution in [0.2, 0.25) is 0 Å². The molecule has 0 aliphatic carbocycles. The molecule has 0 radical (unpaired) electrons. The Hall–Kier alpha value is -2.79. The highest BCUT2D eigenvalue weighted by Crippen LogP contribution is 2.08. The summed E-state index contributed by atoms with van der Waals surface area (Å²) in [6.45, 7) is 3.81. The first-order chi connectivity index (χ1) is 13.3. The lowest BCUT2D eigenvalue weighted by Gasteiger charge is -2.24. The van der Waals surface area contributed by atoms with E-state index in [1.165, 1.54) is 18.6 Å². The summed E-state index contributed by atoms with van der Waals surface area (Å²) in [7, 11) is 0.0664. The first-order valence-corrected chi connectivity index (χ1v) is 8.97. The van der Waals surface area contributed by atoms with E-state index in [0.29, 0.717) is 12.2 Å². The van der Waals surface area contributed by atoms with Crippen LogP contribution in [-0.2, 0) is 18.3 Å². The molecular weight excluding hydrogens is 363 g/mol. The molecule has 4 N–H and O–H groups in total. The normalized spacial score (nSPS) is 13.1. The van der Waals surface area contributed by atoms with Crippen molar-refractivity contribution in [3.05, 3.63) is 42.5 Å². The molecule has 2 atom stereocenters. The van der Waals surface area contributed by atoms with Crippen molar-refractivity contribution in [1.82, 2.24) is 30.2 Å². The molecule has 2 rings (SSSR count). The molecule has 0 aliphatic rings. The Morgan fingerprint density at radius 3 is 2.46 bits per heavy atom. The largest absolute Gasteiger partial charge is 0.475 e. The molecule has 0 spiro atoms. The van der Waals surface area contributed by atoms with Crippen LogP contribution in [-0.4, -0.2) is 60.5 Å². The summed E-state index contributed by atoms with van der Waals surface area (Å²) >= 11 is 0. The van der Waals surface area contributed by atoms with Crippen LogP contribution >= 0.6 is 0 Å². The molecule has 0 aromatic carbocycles. The van der Waals surface area contributed by atoms with Gasteiger partial charge in [-0.25, -0.2) is 9.97 Å². The zero-order chi connectivity index (χ0) is 20.7. The van der Waals surface area contributed by atoms with Crippen LogP contribution in [0, 0.1) is 5.92 Å². The lowest BCUT2D eigenvalue weighted by Crippen LogP contribution is -2.55. The van der Waals surface area contributed by atoms with Gasteiger partial charge >= 0.3 is 7.12 Å². The van der Waals surface area contributed by atoms with Gasteiger partial charge in [0.25, 0.3) is 5.91 Å². The van der Waals surface area contributed by atoms with E-state index in [1.807, 2.05) is 13.8 Å². The highest BCUT2D eigenvalue weighted by atomic mass is 16.4. The molecule has 28 heavy (non-hydrogen) atoms. The minimum Gasteiger partial charge on any atom is -0.426 e. The third-order valence-corrected chi connectivity index (χ3v) is 4.14. The highest BCUT2D eigenvalue weighted by molar-refractivity contribution is 6.43. The van der Waals surface area contributed by atoms with E-state index >= 15 is 0 Å². The Labute approximate surface area is 163 Å². The van der Waals surface area contributed by atoms with E-state index in [1.54, 1.807) is 24.0 Å². The SMILES string of the molecule is CC(C)CC(NC(=O)C(Cc1nccn1C)NC(=O)c1cnccn1)B(O)O. The molecule has 0 aliphatic heterocycles. The molecule has 10 nitrogen and oxygen atoms in total. The first kappa shape index (κ1) is 21.5. The van der Waals surface area contributed by atoms with Crippen LogP contribution in [0.4, 0.5) is 0 Å². The molecule has 2 unspecified atom stereocenters. The summed E-state index contributed by atoms with van der Waals surface area (Å²) in [5.74, 6) is -1.24. The number of rotatable bonds is 9.